The fourth-order valence-electron chi connectivity index (χ4n) is 3.39. The Hall–Kier alpha value is -2.42. The Bertz CT molecular complexity index is 1080. The molecule has 3 rings (SSSR count). The van der Waals surface area contributed by atoms with Crippen LogP contribution in [0.1, 0.15) is 19.7 Å². The minimum atomic E-state index is -3.52. The lowest BCUT2D eigenvalue weighted by Crippen LogP contribution is -2.31. The molecule has 156 valence electrons. The molecule has 0 amide bonds. The number of hydrogen-bond donors (Lipinski definition) is 1. The molecule has 7 nitrogen and oxygen atoms in total. The summed E-state index contributed by atoms with van der Waals surface area (Å²) in [7, 11) is -0.485. The molecule has 1 atom stereocenters. The molecular formula is C21H28N4O3S. The molecule has 8 heteroatoms. The van der Waals surface area contributed by atoms with Crippen molar-refractivity contribution >= 4 is 26.7 Å². The van der Waals surface area contributed by atoms with Gasteiger partial charge in [0.05, 0.1) is 28.6 Å². The second kappa shape index (κ2) is 8.52. The number of aliphatic hydroxyl groups excluding tert-OH is 1. The van der Waals surface area contributed by atoms with E-state index in [0.29, 0.717) is 25.2 Å². The number of para-hydroxylation sites is 1. The predicted octanol–water partition coefficient (Wildman–Crippen LogP) is 2.69. The number of aryl methyl sites for hydroxylation is 1. The Morgan fingerprint density at radius 1 is 1.14 bits per heavy atom. The Morgan fingerprint density at radius 2 is 1.83 bits per heavy atom. The lowest BCUT2D eigenvalue weighted by Gasteiger charge is -2.26. The van der Waals surface area contributed by atoms with Gasteiger partial charge in [-0.3, -0.25) is 0 Å². The zero-order chi connectivity index (χ0) is 21.2. The number of aromatic nitrogens is 2. The molecule has 0 aliphatic carbocycles. The molecule has 0 radical (unpaired) electrons. The maximum Gasteiger partial charge on any atom is 0.242 e. The van der Waals surface area contributed by atoms with Crippen LogP contribution >= 0.6 is 0 Å². The van der Waals surface area contributed by atoms with Gasteiger partial charge in [-0.05, 0) is 44.2 Å². The van der Waals surface area contributed by atoms with Crippen molar-refractivity contribution in [1.29, 1.82) is 0 Å². The summed E-state index contributed by atoms with van der Waals surface area (Å²) in [6.45, 7) is 5.49. The molecular weight excluding hydrogens is 388 g/mol. The number of benzene rings is 2. The summed E-state index contributed by atoms with van der Waals surface area (Å²) in [5, 5.41) is 9.97. The average Bonchev–Trinajstić information content (AvgIpc) is 3.03. The number of hydrogen-bond acceptors (Lipinski definition) is 5. The number of anilines is 1. The quantitative estimate of drug-likeness (QED) is 0.611. The van der Waals surface area contributed by atoms with Gasteiger partial charge in [-0.25, -0.2) is 17.7 Å². The third-order valence-corrected chi connectivity index (χ3v) is 6.64. The first-order chi connectivity index (χ1) is 13.7. The molecule has 1 heterocycles. The van der Waals surface area contributed by atoms with E-state index >= 15 is 0 Å². The smallest absolute Gasteiger partial charge is 0.242 e. The van der Waals surface area contributed by atoms with Gasteiger partial charge >= 0.3 is 0 Å². The fraction of sp³-hybridized carbons (Fsp3) is 0.381. The molecule has 1 unspecified atom stereocenters. The van der Waals surface area contributed by atoms with E-state index in [1.54, 1.807) is 19.1 Å². The van der Waals surface area contributed by atoms with Gasteiger partial charge in [-0.1, -0.05) is 18.2 Å². The van der Waals surface area contributed by atoms with Crippen molar-refractivity contribution in [2.24, 2.45) is 0 Å². The van der Waals surface area contributed by atoms with Crippen molar-refractivity contribution in [3.63, 3.8) is 0 Å². The van der Waals surface area contributed by atoms with E-state index in [4.69, 9.17) is 4.98 Å². The van der Waals surface area contributed by atoms with E-state index in [0.717, 1.165) is 17.0 Å². The number of sulfonamides is 1. The molecule has 2 aromatic carbocycles. The number of aliphatic hydroxyl groups is 1. The van der Waals surface area contributed by atoms with Crippen LogP contribution in [0.3, 0.4) is 0 Å². The van der Waals surface area contributed by atoms with Gasteiger partial charge < -0.3 is 14.6 Å². The molecule has 0 saturated carbocycles. The van der Waals surface area contributed by atoms with Gasteiger partial charge in [0.2, 0.25) is 10.0 Å². The van der Waals surface area contributed by atoms with E-state index in [-0.39, 0.29) is 4.90 Å². The van der Waals surface area contributed by atoms with Crippen molar-refractivity contribution in [3.8, 4) is 0 Å². The van der Waals surface area contributed by atoms with Gasteiger partial charge in [0, 0.05) is 32.9 Å². The molecule has 0 saturated heterocycles. The Balaban J connectivity index is 2.04. The fourth-order valence-corrected chi connectivity index (χ4v) is 4.32. The highest BCUT2D eigenvalue weighted by Crippen LogP contribution is 2.24. The molecule has 0 aliphatic rings. The van der Waals surface area contributed by atoms with E-state index in [1.165, 1.54) is 18.4 Å². The summed E-state index contributed by atoms with van der Waals surface area (Å²) < 4.78 is 28.2. The summed E-state index contributed by atoms with van der Waals surface area (Å²) in [6, 6.07) is 15.0. The van der Waals surface area contributed by atoms with Crippen LogP contribution in [0.2, 0.25) is 0 Å². The molecule has 3 aromatic rings. The lowest BCUT2D eigenvalue weighted by atomic mass is 10.2. The molecule has 29 heavy (non-hydrogen) atoms. The van der Waals surface area contributed by atoms with Gasteiger partial charge in [-0.2, -0.15) is 0 Å². The molecule has 0 spiro atoms. The number of fused-ring (bicyclic) bond motifs is 1. The Kier molecular flexibility index (Phi) is 6.26. The van der Waals surface area contributed by atoms with Crippen LogP contribution in [0.15, 0.2) is 53.4 Å². The summed E-state index contributed by atoms with van der Waals surface area (Å²) >= 11 is 0. The highest BCUT2D eigenvalue weighted by molar-refractivity contribution is 7.89. The molecule has 1 N–H and O–H groups in total. The third-order valence-electron chi connectivity index (χ3n) is 4.83. The molecule has 0 aliphatic heterocycles. The van der Waals surface area contributed by atoms with Crippen molar-refractivity contribution in [2.75, 3.05) is 25.5 Å². The largest absolute Gasteiger partial charge is 0.392 e. The van der Waals surface area contributed by atoms with Gasteiger partial charge in [0.15, 0.2) is 0 Å². The lowest BCUT2D eigenvalue weighted by molar-refractivity contribution is 0.199. The normalized spacial score (nSPS) is 13.2. The monoisotopic (exact) mass is 416 g/mol. The Morgan fingerprint density at radius 3 is 2.41 bits per heavy atom. The third kappa shape index (κ3) is 4.44. The maximum absolute atomic E-state index is 12.5. The van der Waals surface area contributed by atoms with Crippen LogP contribution in [0.4, 0.5) is 5.69 Å². The second-order valence-electron chi connectivity index (χ2n) is 7.28. The topological polar surface area (TPSA) is 78.7 Å². The van der Waals surface area contributed by atoms with E-state index in [9.17, 15) is 13.5 Å². The number of rotatable bonds is 8. The Labute approximate surface area is 172 Å². The minimum absolute atomic E-state index is 0.228. The van der Waals surface area contributed by atoms with Gasteiger partial charge in [0.25, 0.3) is 0 Å². The van der Waals surface area contributed by atoms with Crippen molar-refractivity contribution < 1.29 is 13.5 Å². The average molecular weight is 417 g/mol. The number of imidazole rings is 1. The first-order valence-electron chi connectivity index (χ1n) is 9.63. The standard InChI is InChI=1S/C21H28N4O3S/c1-5-25-20-12-11-18(29(27,28)23(3)4)13-19(20)22-21(25)15-24(14-16(2)26)17-9-7-6-8-10-17/h6-13,16,26H,5,14-15H2,1-4H3. The molecule has 1 aromatic heterocycles. The van der Waals surface area contributed by atoms with Crippen LogP contribution < -0.4 is 4.90 Å². The molecule has 0 bridgehead atoms. The van der Waals surface area contributed by atoms with Crippen molar-refractivity contribution in [1.82, 2.24) is 13.9 Å². The molecule has 0 fully saturated rings. The zero-order valence-electron chi connectivity index (χ0n) is 17.3. The summed E-state index contributed by atoms with van der Waals surface area (Å²) in [5.74, 6) is 0.825. The summed E-state index contributed by atoms with van der Waals surface area (Å²) in [6.07, 6.45) is -0.494. The van der Waals surface area contributed by atoms with Gasteiger partial charge in [-0.15, -0.1) is 0 Å². The highest BCUT2D eigenvalue weighted by atomic mass is 32.2. The van der Waals surface area contributed by atoms with Crippen molar-refractivity contribution in [2.45, 2.75) is 37.9 Å². The van der Waals surface area contributed by atoms with E-state index < -0.39 is 16.1 Å². The second-order valence-corrected chi connectivity index (χ2v) is 9.43. The van der Waals surface area contributed by atoms with Gasteiger partial charge in [0.1, 0.15) is 5.82 Å². The first kappa shape index (κ1) is 21.3. The van der Waals surface area contributed by atoms with Crippen LogP contribution in [0.25, 0.3) is 11.0 Å². The zero-order valence-corrected chi connectivity index (χ0v) is 18.1. The van der Waals surface area contributed by atoms with Crippen LogP contribution in [0.5, 0.6) is 0 Å². The van der Waals surface area contributed by atoms with Crippen LogP contribution in [-0.2, 0) is 23.1 Å². The summed E-state index contributed by atoms with van der Waals surface area (Å²) in [5.41, 5.74) is 2.54. The summed E-state index contributed by atoms with van der Waals surface area (Å²) in [4.78, 5) is 7.05. The van der Waals surface area contributed by atoms with E-state index in [2.05, 4.69) is 9.47 Å². The van der Waals surface area contributed by atoms with Crippen molar-refractivity contribution in [3.05, 3.63) is 54.4 Å². The SMILES string of the molecule is CCn1c(CN(CC(C)O)c2ccccc2)nc2cc(S(=O)(=O)N(C)C)ccc21. The first-order valence-corrected chi connectivity index (χ1v) is 11.1. The van der Waals surface area contributed by atoms with E-state index in [1.807, 2.05) is 43.3 Å². The highest BCUT2D eigenvalue weighted by Gasteiger charge is 2.20. The van der Waals surface area contributed by atoms with Crippen LogP contribution in [-0.4, -0.2) is 54.1 Å². The van der Waals surface area contributed by atoms with Crippen LogP contribution in [0, 0.1) is 0 Å². The predicted molar refractivity (Wildman–Crippen MR) is 115 cm³/mol. The number of nitrogens with zero attached hydrogens (tertiary/aromatic N) is 4. The maximum atomic E-state index is 12.5. The minimum Gasteiger partial charge on any atom is -0.392 e.